The second-order valence-electron chi connectivity index (χ2n) is 6.72. The van der Waals surface area contributed by atoms with Gasteiger partial charge in [0, 0.05) is 0 Å². The van der Waals surface area contributed by atoms with Crippen molar-refractivity contribution in [2.45, 2.75) is 64.9 Å². The Labute approximate surface area is 116 Å². The van der Waals surface area contributed by atoms with Crippen LogP contribution in [0, 0.1) is 5.92 Å². The largest absolute Gasteiger partial charge is 0.504 e. The highest BCUT2D eigenvalue weighted by Gasteiger charge is 2.17. The molecule has 0 saturated heterocycles. The molecule has 1 N–H and O–H groups in total. The molecule has 19 heavy (non-hydrogen) atoms. The van der Waals surface area contributed by atoms with Gasteiger partial charge in [-0.15, -0.1) is 0 Å². The Morgan fingerprint density at radius 2 is 1.84 bits per heavy atom. The molecular weight excluding hydrogens is 236 g/mol. The summed E-state index contributed by atoms with van der Waals surface area (Å²) < 4.78 is 5.73. The fourth-order valence-corrected chi connectivity index (χ4v) is 2.83. The van der Waals surface area contributed by atoms with Crippen molar-refractivity contribution in [2.24, 2.45) is 5.92 Å². The molecule has 0 bridgehead atoms. The lowest BCUT2D eigenvalue weighted by Gasteiger charge is -2.23. The standard InChI is InChI=1S/C17H26O2/c1-17(2,3)19-16-10-9-14(12-15(16)18)11-13-7-5-4-6-8-13/h9-10,12-13,18H,4-8,11H2,1-3H3. The van der Waals surface area contributed by atoms with Gasteiger partial charge in [-0.2, -0.15) is 0 Å². The molecule has 0 amide bonds. The first-order valence-corrected chi connectivity index (χ1v) is 7.45. The van der Waals surface area contributed by atoms with Gasteiger partial charge in [-0.05, 0) is 50.8 Å². The Hall–Kier alpha value is -1.18. The molecule has 1 saturated carbocycles. The topological polar surface area (TPSA) is 29.5 Å². The average molecular weight is 262 g/mol. The van der Waals surface area contributed by atoms with Crippen molar-refractivity contribution in [3.8, 4) is 11.5 Å². The summed E-state index contributed by atoms with van der Waals surface area (Å²) in [7, 11) is 0. The first-order chi connectivity index (χ1) is 8.94. The fourth-order valence-electron chi connectivity index (χ4n) is 2.83. The van der Waals surface area contributed by atoms with E-state index in [1.807, 2.05) is 32.9 Å². The molecule has 2 heteroatoms. The summed E-state index contributed by atoms with van der Waals surface area (Å²) in [6, 6.07) is 5.86. The molecule has 0 spiro atoms. The molecule has 2 rings (SSSR count). The molecule has 0 heterocycles. The van der Waals surface area contributed by atoms with Crippen LogP contribution in [0.4, 0.5) is 0 Å². The summed E-state index contributed by atoms with van der Waals surface area (Å²) in [4.78, 5) is 0. The van der Waals surface area contributed by atoms with Crippen LogP contribution >= 0.6 is 0 Å². The van der Waals surface area contributed by atoms with Crippen molar-refractivity contribution in [3.63, 3.8) is 0 Å². The van der Waals surface area contributed by atoms with Crippen LogP contribution in [0.1, 0.15) is 58.4 Å². The normalized spacial score (nSPS) is 17.4. The van der Waals surface area contributed by atoms with E-state index < -0.39 is 0 Å². The predicted octanol–water partition coefficient (Wildman–Crippen LogP) is 4.69. The van der Waals surface area contributed by atoms with E-state index in [2.05, 4.69) is 6.07 Å². The second kappa shape index (κ2) is 5.85. The second-order valence-corrected chi connectivity index (χ2v) is 6.72. The van der Waals surface area contributed by atoms with Gasteiger partial charge in [-0.1, -0.05) is 38.2 Å². The zero-order valence-corrected chi connectivity index (χ0v) is 12.4. The summed E-state index contributed by atoms with van der Waals surface area (Å²) in [5, 5.41) is 10.1. The number of rotatable bonds is 3. The number of benzene rings is 1. The van der Waals surface area contributed by atoms with Crippen LogP contribution in [0.15, 0.2) is 18.2 Å². The molecule has 0 atom stereocenters. The molecule has 1 aromatic rings. The first-order valence-electron chi connectivity index (χ1n) is 7.45. The van der Waals surface area contributed by atoms with Crippen LogP contribution in [-0.2, 0) is 6.42 Å². The van der Waals surface area contributed by atoms with E-state index in [0.717, 1.165) is 12.3 Å². The molecule has 1 fully saturated rings. The van der Waals surface area contributed by atoms with Gasteiger partial charge in [0.15, 0.2) is 11.5 Å². The monoisotopic (exact) mass is 262 g/mol. The summed E-state index contributed by atoms with van der Waals surface area (Å²) >= 11 is 0. The van der Waals surface area contributed by atoms with Crippen LogP contribution < -0.4 is 4.74 Å². The van der Waals surface area contributed by atoms with Crippen molar-refractivity contribution in [1.29, 1.82) is 0 Å². The lowest BCUT2D eigenvalue weighted by Crippen LogP contribution is -2.23. The third-order valence-electron chi connectivity index (χ3n) is 3.69. The van der Waals surface area contributed by atoms with Crippen molar-refractivity contribution >= 4 is 0 Å². The average Bonchev–Trinajstić information content (AvgIpc) is 2.33. The van der Waals surface area contributed by atoms with E-state index in [4.69, 9.17) is 4.74 Å². The summed E-state index contributed by atoms with van der Waals surface area (Å²) in [5.41, 5.74) is 0.952. The zero-order valence-electron chi connectivity index (χ0n) is 12.4. The SMILES string of the molecule is CC(C)(C)Oc1ccc(CC2CCCCC2)cc1O. The molecule has 0 aromatic heterocycles. The van der Waals surface area contributed by atoms with Gasteiger partial charge in [0.05, 0.1) is 0 Å². The van der Waals surface area contributed by atoms with Crippen molar-refractivity contribution in [1.82, 2.24) is 0 Å². The van der Waals surface area contributed by atoms with E-state index in [0.29, 0.717) is 5.75 Å². The summed E-state index contributed by atoms with van der Waals surface area (Å²) in [6.07, 6.45) is 7.87. The van der Waals surface area contributed by atoms with E-state index >= 15 is 0 Å². The van der Waals surface area contributed by atoms with E-state index in [9.17, 15) is 5.11 Å². The quantitative estimate of drug-likeness (QED) is 0.856. The van der Waals surface area contributed by atoms with Crippen LogP contribution in [0.3, 0.4) is 0 Å². The number of aromatic hydroxyl groups is 1. The lowest BCUT2D eigenvalue weighted by molar-refractivity contribution is 0.126. The Balaban J connectivity index is 2.01. The molecular formula is C17H26O2. The maximum atomic E-state index is 10.1. The Kier molecular flexibility index (Phi) is 4.38. The van der Waals surface area contributed by atoms with Crippen molar-refractivity contribution in [2.75, 3.05) is 0 Å². The molecule has 2 nitrogen and oxygen atoms in total. The predicted molar refractivity (Wildman–Crippen MR) is 78.8 cm³/mol. The minimum Gasteiger partial charge on any atom is -0.504 e. The van der Waals surface area contributed by atoms with E-state index in [1.54, 1.807) is 0 Å². The molecule has 1 aromatic carbocycles. The molecule has 1 aliphatic carbocycles. The highest BCUT2D eigenvalue weighted by Crippen LogP contribution is 2.32. The Morgan fingerprint density at radius 3 is 2.42 bits per heavy atom. The number of phenols is 1. The van der Waals surface area contributed by atoms with Crippen LogP contribution in [-0.4, -0.2) is 10.7 Å². The highest BCUT2D eigenvalue weighted by molar-refractivity contribution is 5.42. The van der Waals surface area contributed by atoms with Gasteiger partial charge in [0.2, 0.25) is 0 Å². The van der Waals surface area contributed by atoms with Crippen molar-refractivity contribution in [3.05, 3.63) is 23.8 Å². The Morgan fingerprint density at radius 1 is 1.16 bits per heavy atom. The number of ether oxygens (including phenoxy) is 1. The summed E-state index contributed by atoms with van der Waals surface area (Å²) in [5.74, 6) is 1.64. The van der Waals surface area contributed by atoms with Crippen LogP contribution in [0.5, 0.6) is 11.5 Å². The van der Waals surface area contributed by atoms with E-state index in [-0.39, 0.29) is 11.4 Å². The maximum absolute atomic E-state index is 10.1. The van der Waals surface area contributed by atoms with Crippen molar-refractivity contribution < 1.29 is 9.84 Å². The number of hydrogen-bond donors (Lipinski definition) is 1. The van der Waals surface area contributed by atoms with Gasteiger partial charge in [0.1, 0.15) is 5.60 Å². The lowest BCUT2D eigenvalue weighted by atomic mass is 9.85. The van der Waals surface area contributed by atoms with Gasteiger partial charge in [-0.25, -0.2) is 0 Å². The fraction of sp³-hybridized carbons (Fsp3) is 0.647. The van der Waals surface area contributed by atoms with Crippen LogP contribution in [0.25, 0.3) is 0 Å². The third-order valence-corrected chi connectivity index (χ3v) is 3.69. The number of phenolic OH excluding ortho intramolecular Hbond substituents is 1. The third kappa shape index (κ3) is 4.45. The Bertz CT molecular complexity index is 412. The molecule has 106 valence electrons. The summed E-state index contributed by atoms with van der Waals surface area (Å²) in [6.45, 7) is 5.97. The van der Waals surface area contributed by atoms with Gasteiger partial charge >= 0.3 is 0 Å². The zero-order chi connectivity index (χ0) is 13.9. The van der Waals surface area contributed by atoms with Gasteiger partial charge in [-0.3, -0.25) is 0 Å². The minimum atomic E-state index is -0.275. The van der Waals surface area contributed by atoms with Gasteiger partial charge in [0.25, 0.3) is 0 Å². The molecule has 0 unspecified atom stereocenters. The maximum Gasteiger partial charge on any atom is 0.161 e. The number of hydrogen-bond acceptors (Lipinski definition) is 2. The smallest absolute Gasteiger partial charge is 0.161 e. The first kappa shape index (κ1) is 14.2. The highest BCUT2D eigenvalue weighted by atomic mass is 16.5. The molecule has 0 radical (unpaired) electrons. The van der Waals surface area contributed by atoms with Crippen LogP contribution in [0.2, 0.25) is 0 Å². The van der Waals surface area contributed by atoms with E-state index in [1.165, 1.54) is 37.7 Å². The van der Waals surface area contributed by atoms with Gasteiger partial charge < -0.3 is 9.84 Å². The minimum absolute atomic E-state index is 0.267. The molecule has 1 aliphatic rings. The molecule has 0 aliphatic heterocycles.